The number of amides is 5. The molecule has 0 aromatic heterocycles. The minimum atomic E-state index is -1.31. The molecule has 5 atom stereocenters. The van der Waals surface area contributed by atoms with E-state index >= 15 is 0 Å². The van der Waals surface area contributed by atoms with Gasteiger partial charge in [0, 0.05) is 25.1 Å². The molecule has 0 saturated carbocycles. The Bertz CT molecular complexity index is 1550. The van der Waals surface area contributed by atoms with Gasteiger partial charge in [0.05, 0.1) is 6.04 Å². The van der Waals surface area contributed by atoms with Crippen LogP contribution in [-0.2, 0) is 41.6 Å². The summed E-state index contributed by atoms with van der Waals surface area (Å²) in [4.78, 5) is 82.1. The van der Waals surface area contributed by atoms with Crippen LogP contribution in [0.1, 0.15) is 36.8 Å². The molecule has 0 unspecified atom stereocenters. The van der Waals surface area contributed by atoms with Gasteiger partial charge < -0.3 is 53.6 Å². The Labute approximate surface area is 306 Å². The summed E-state index contributed by atoms with van der Waals surface area (Å²) in [5.41, 5.74) is 12.0. The maximum atomic E-state index is 14.0. The summed E-state index contributed by atoms with van der Waals surface area (Å²) in [6.07, 6.45) is 1.63. The molecule has 2 aromatic rings. The van der Waals surface area contributed by atoms with Crippen LogP contribution in [0.3, 0.4) is 0 Å². The Morgan fingerprint density at radius 1 is 0.808 bits per heavy atom. The number of nitrogens with two attached hydrogens (primary N) is 2. The lowest BCUT2D eigenvalue weighted by atomic mass is 10.0. The second-order valence-corrected chi connectivity index (χ2v) is 12.6. The van der Waals surface area contributed by atoms with Gasteiger partial charge in [0.1, 0.15) is 36.5 Å². The number of phenols is 1. The van der Waals surface area contributed by atoms with Crippen molar-refractivity contribution < 1.29 is 39.0 Å². The molecule has 3 rings (SSSR count). The maximum absolute atomic E-state index is 14.0. The van der Waals surface area contributed by atoms with E-state index in [9.17, 15) is 33.9 Å². The van der Waals surface area contributed by atoms with Crippen LogP contribution in [0, 0.1) is 0 Å². The Balaban J connectivity index is 1.86. The van der Waals surface area contributed by atoms with E-state index in [1.807, 2.05) is 0 Å². The predicted octanol–water partition coefficient (Wildman–Crippen LogP) is -1.95. The molecular formula is C34H47N9O8S. The minimum absolute atomic E-state index is 0.0216. The monoisotopic (exact) mass is 741 g/mol. The standard InChI is InChI=1S/C34H47N9O8S/c35-34(36)38-15-5-9-24(29(47)39-18-28(45)46)40-31(49)26(17-21-10-12-22(44)13-11-21)41-32(50)25(16-20-6-2-1-3-7-20)42-33(51)27(19-52)43-30(48)23-8-4-14-37-23/h1-3,6-7,10-13,23-27,37,44,52H,4-5,8-9,14-19H2,(H,39,47)(H,40,49)(H,41,50)(H,42,51)(H,43,48)(H,45,46)(H4,35,36,38)/t23-,24-,25-,26-,27-/m0/s1. The molecule has 2 aromatic carbocycles. The number of thiol groups is 1. The zero-order valence-electron chi connectivity index (χ0n) is 28.5. The van der Waals surface area contributed by atoms with Crippen molar-refractivity contribution in [1.82, 2.24) is 31.9 Å². The molecule has 1 aliphatic heterocycles. The SMILES string of the molecule is NC(N)=NCCC[C@H](NC(=O)[C@H](Cc1ccc(O)cc1)NC(=O)[C@H](Cc1ccccc1)NC(=O)[C@H](CS)NC(=O)[C@@H]1CCCN1)C(=O)NCC(=O)O. The molecular weight excluding hydrogens is 694 g/mol. The number of carboxylic acid groups (broad SMARTS) is 1. The highest BCUT2D eigenvalue weighted by molar-refractivity contribution is 7.80. The first-order valence-corrected chi connectivity index (χ1v) is 17.4. The number of hydrogen-bond acceptors (Lipinski definition) is 10. The summed E-state index contributed by atoms with van der Waals surface area (Å²) in [5.74, 6) is -4.86. The van der Waals surface area contributed by atoms with E-state index in [1.165, 1.54) is 12.1 Å². The van der Waals surface area contributed by atoms with Gasteiger partial charge in [-0.1, -0.05) is 42.5 Å². The number of aliphatic imine (C=N–C) groups is 1. The van der Waals surface area contributed by atoms with Crippen LogP contribution in [0.4, 0.5) is 0 Å². The third-order valence-electron chi connectivity index (χ3n) is 8.11. The van der Waals surface area contributed by atoms with E-state index in [0.717, 1.165) is 6.42 Å². The van der Waals surface area contributed by atoms with E-state index in [4.69, 9.17) is 16.6 Å². The molecule has 0 spiro atoms. The van der Waals surface area contributed by atoms with Gasteiger partial charge >= 0.3 is 5.97 Å². The Morgan fingerprint density at radius 3 is 1.92 bits per heavy atom. The summed E-state index contributed by atoms with van der Waals surface area (Å²) in [6.45, 7) is 0.110. The van der Waals surface area contributed by atoms with Gasteiger partial charge in [0.2, 0.25) is 29.5 Å². The Morgan fingerprint density at radius 2 is 1.38 bits per heavy atom. The van der Waals surface area contributed by atoms with Crippen LogP contribution in [0.2, 0.25) is 0 Å². The van der Waals surface area contributed by atoms with Crippen molar-refractivity contribution in [2.24, 2.45) is 16.5 Å². The van der Waals surface area contributed by atoms with E-state index in [1.54, 1.807) is 42.5 Å². The zero-order chi connectivity index (χ0) is 38.0. The molecule has 5 amide bonds. The summed E-state index contributed by atoms with van der Waals surface area (Å²) in [7, 11) is 0. The van der Waals surface area contributed by atoms with Crippen molar-refractivity contribution in [3.63, 3.8) is 0 Å². The predicted molar refractivity (Wildman–Crippen MR) is 195 cm³/mol. The highest BCUT2D eigenvalue weighted by Gasteiger charge is 2.32. The van der Waals surface area contributed by atoms with E-state index in [2.05, 4.69) is 49.5 Å². The number of benzene rings is 2. The second-order valence-electron chi connectivity index (χ2n) is 12.2. The molecule has 0 bridgehead atoms. The number of rotatable bonds is 20. The van der Waals surface area contributed by atoms with E-state index < -0.39 is 66.4 Å². The van der Waals surface area contributed by atoms with Gasteiger partial charge in [-0.15, -0.1) is 0 Å². The largest absolute Gasteiger partial charge is 0.508 e. The zero-order valence-corrected chi connectivity index (χ0v) is 29.4. The van der Waals surface area contributed by atoms with Gasteiger partial charge in [-0.05, 0) is 55.5 Å². The second kappa shape index (κ2) is 21.1. The van der Waals surface area contributed by atoms with Crippen LogP contribution < -0.4 is 43.4 Å². The quantitative estimate of drug-likeness (QED) is 0.0307. The van der Waals surface area contributed by atoms with Crippen LogP contribution in [0.15, 0.2) is 59.6 Å². The van der Waals surface area contributed by atoms with Crippen LogP contribution >= 0.6 is 12.6 Å². The molecule has 0 radical (unpaired) electrons. The normalized spacial score (nSPS) is 15.9. The topological polar surface area (TPSA) is 279 Å². The highest BCUT2D eigenvalue weighted by atomic mass is 32.1. The number of aromatic hydroxyl groups is 1. The number of nitrogens with zero attached hydrogens (tertiary/aromatic N) is 1. The smallest absolute Gasteiger partial charge is 0.322 e. The van der Waals surface area contributed by atoms with Gasteiger partial charge in [-0.25, -0.2) is 0 Å². The molecule has 18 heteroatoms. The molecule has 282 valence electrons. The van der Waals surface area contributed by atoms with Crippen LogP contribution in [0.5, 0.6) is 5.75 Å². The number of carbonyl (C=O) groups excluding carboxylic acids is 5. The van der Waals surface area contributed by atoms with Gasteiger partial charge in [-0.2, -0.15) is 12.6 Å². The van der Waals surface area contributed by atoms with Gasteiger partial charge in [0.15, 0.2) is 5.96 Å². The molecule has 12 N–H and O–H groups in total. The molecule has 1 aliphatic rings. The lowest BCUT2D eigenvalue weighted by molar-refractivity contribution is -0.138. The lowest BCUT2D eigenvalue weighted by Gasteiger charge is -2.27. The minimum Gasteiger partial charge on any atom is -0.508 e. The van der Waals surface area contributed by atoms with Crippen LogP contribution in [0.25, 0.3) is 0 Å². The first kappa shape index (κ1) is 41.1. The van der Waals surface area contributed by atoms with Crippen LogP contribution in [-0.4, -0.2) is 107 Å². The Hall–Kier alpha value is -5.36. The molecule has 0 aliphatic carbocycles. The number of guanidine groups is 1. The van der Waals surface area contributed by atoms with Crippen molar-refractivity contribution in [2.45, 2.75) is 68.7 Å². The third kappa shape index (κ3) is 14.1. The number of carboxylic acids is 1. The van der Waals surface area contributed by atoms with Crippen molar-refractivity contribution in [3.8, 4) is 5.75 Å². The Kier molecular flexibility index (Phi) is 16.7. The average molecular weight is 742 g/mol. The number of nitrogens with one attached hydrogen (secondary N) is 6. The van der Waals surface area contributed by atoms with Crippen molar-refractivity contribution in [1.29, 1.82) is 0 Å². The van der Waals surface area contributed by atoms with Gasteiger partial charge in [-0.3, -0.25) is 33.8 Å². The number of aliphatic carboxylic acids is 1. The summed E-state index contributed by atoms with van der Waals surface area (Å²) in [5, 5.41) is 34.9. The third-order valence-corrected chi connectivity index (χ3v) is 8.47. The molecule has 1 fully saturated rings. The number of carbonyl (C=O) groups is 6. The molecule has 52 heavy (non-hydrogen) atoms. The number of phenolic OH excluding ortho intramolecular Hbond substituents is 1. The summed E-state index contributed by atoms with van der Waals surface area (Å²) < 4.78 is 0. The van der Waals surface area contributed by atoms with Gasteiger partial charge in [0.25, 0.3) is 0 Å². The lowest BCUT2D eigenvalue weighted by Crippen LogP contribution is -2.60. The van der Waals surface area contributed by atoms with Crippen molar-refractivity contribution >= 4 is 54.1 Å². The molecule has 1 heterocycles. The van der Waals surface area contributed by atoms with Crippen molar-refractivity contribution in [2.75, 3.05) is 25.4 Å². The van der Waals surface area contributed by atoms with Crippen molar-refractivity contribution in [3.05, 3.63) is 65.7 Å². The number of hydrogen-bond donors (Lipinski definition) is 11. The molecule has 1 saturated heterocycles. The average Bonchev–Trinajstić information content (AvgIpc) is 3.67. The summed E-state index contributed by atoms with van der Waals surface area (Å²) in [6, 6.07) is 9.49. The highest BCUT2D eigenvalue weighted by Crippen LogP contribution is 2.13. The molecule has 17 nitrogen and oxygen atoms in total. The van der Waals surface area contributed by atoms with E-state index in [-0.39, 0.29) is 55.6 Å². The first-order valence-electron chi connectivity index (χ1n) is 16.8. The summed E-state index contributed by atoms with van der Waals surface area (Å²) >= 11 is 4.25. The fraction of sp³-hybridized carbons (Fsp3) is 0.441. The fourth-order valence-corrected chi connectivity index (χ4v) is 5.64. The maximum Gasteiger partial charge on any atom is 0.322 e. The van der Waals surface area contributed by atoms with E-state index in [0.29, 0.717) is 24.1 Å². The first-order chi connectivity index (χ1) is 24.9. The fourth-order valence-electron chi connectivity index (χ4n) is 5.39.